The van der Waals surface area contributed by atoms with E-state index in [4.69, 9.17) is 5.73 Å². The van der Waals surface area contributed by atoms with E-state index in [9.17, 15) is 9.59 Å². The first-order chi connectivity index (χ1) is 10.1. The van der Waals surface area contributed by atoms with E-state index in [0.29, 0.717) is 18.9 Å². The Kier molecular flexibility index (Phi) is 7.35. The van der Waals surface area contributed by atoms with Crippen molar-refractivity contribution in [3.63, 3.8) is 0 Å². The predicted molar refractivity (Wildman–Crippen MR) is 88.6 cm³/mol. The molecule has 1 fully saturated rings. The molecule has 1 aromatic rings. The van der Waals surface area contributed by atoms with E-state index in [0.717, 1.165) is 18.4 Å². The third kappa shape index (κ3) is 5.31. The van der Waals surface area contributed by atoms with Crippen LogP contribution in [0, 0.1) is 5.92 Å². The highest BCUT2D eigenvalue weighted by atomic mass is 35.5. The quantitative estimate of drug-likeness (QED) is 0.711. The summed E-state index contributed by atoms with van der Waals surface area (Å²) in [6, 6.07) is 8.59. The first-order valence-electron chi connectivity index (χ1n) is 7.49. The van der Waals surface area contributed by atoms with Gasteiger partial charge in [0.25, 0.3) is 0 Å². The minimum atomic E-state index is -0.662. The van der Waals surface area contributed by atoms with E-state index < -0.39 is 6.04 Å². The molecule has 122 valence electrons. The fourth-order valence-electron chi connectivity index (χ4n) is 2.22. The standard InChI is InChI=1S/C16H23N3O2.ClH/c1-2-14(20)19-15(12-6-4-3-5-7-12)16(21)18-10-13(17)11-8-9-11;/h3-7,11,13,15H,2,8-10,17H2,1H3,(H,18,21)(H,19,20);1H. The van der Waals surface area contributed by atoms with Gasteiger partial charge in [-0.2, -0.15) is 0 Å². The SMILES string of the molecule is CCC(=O)NC(C(=O)NCC(N)C1CC1)c1ccccc1.Cl. The lowest BCUT2D eigenvalue weighted by molar-refractivity contribution is -0.129. The zero-order valence-electron chi connectivity index (χ0n) is 12.7. The fourth-order valence-corrected chi connectivity index (χ4v) is 2.22. The van der Waals surface area contributed by atoms with Crippen LogP contribution in [0.25, 0.3) is 0 Å². The Morgan fingerprint density at radius 1 is 1.27 bits per heavy atom. The lowest BCUT2D eigenvalue weighted by atomic mass is 10.1. The summed E-state index contributed by atoms with van der Waals surface area (Å²) in [5, 5.41) is 5.61. The molecule has 1 aromatic carbocycles. The molecule has 1 aliphatic rings. The molecule has 1 aliphatic carbocycles. The molecule has 0 heterocycles. The number of hydrogen-bond acceptors (Lipinski definition) is 3. The molecule has 0 radical (unpaired) electrons. The maximum Gasteiger partial charge on any atom is 0.247 e. The van der Waals surface area contributed by atoms with Crippen molar-refractivity contribution in [1.29, 1.82) is 0 Å². The van der Waals surface area contributed by atoms with Crippen LogP contribution in [0.3, 0.4) is 0 Å². The minimum Gasteiger partial charge on any atom is -0.352 e. The highest BCUT2D eigenvalue weighted by Gasteiger charge is 2.29. The van der Waals surface area contributed by atoms with Gasteiger partial charge in [0.05, 0.1) is 0 Å². The highest BCUT2D eigenvalue weighted by molar-refractivity contribution is 5.88. The van der Waals surface area contributed by atoms with E-state index in [1.54, 1.807) is 6.92 Å². The molecule has 0 aliphatic heterocycles. The second-order valence-corrected chi connectivity index (χ2v) is 5.51. The van der Waals surface area contributed by atoms with Crippen LogP contribution in [-0.4, -0.2) is 24.4 Å². The summed E-state index contributed by atoms with van der Waals surface area (Å²) in [6.07, 6.45) is 2.63. The molecule has 5 nitrogen and oxygen atoms in total. The van der Waals surface area contributed by atoms with Crippen molar-refractivity contribution in [2.24, 2.45) is 11.7 Å². The zero-order valence-corrected chi connectivity index (χ0v) is 13.6. The molecule has 4 N–H and O–H groups in total. The Morgan fingerprint density at radius 3 is 2.45 bits per heavy atom. The Morgan fingerprint density at radius 2 is 1.91 bits per heavy atom. The summed E-state index contributed by atoms with van der Waals surface area (Å²) in [6.45, 7) is 2.22. The fraction of sp³-hybridized carbons (Fsp3) is 0.500. The first-order valence-corrected chi connectivity index (χ1v) is 7.49. The number of nitrogens with two attached hydrogens (primary N) is 1. The molecule has 2 unspecified atom stereocenters. The van der Waals surface area contributed by atoms with Gasteiger partial charge < -0.3 is 16.4 Å². The molecule has 0 bridgehead atoms. The van der Waals surface area contributed by atoms with Crippen LogP contribution in [-0.2, 0) is 9.59 Å². The van der Waals surface area contributed by atoms with Crippen LogP contribution in [0.4, 0.5) is 0 Å². The van der Waals surface area contributed by atoms with Gasteiger partial charge in [0, 0.05) is 19.0 Å². The number of halogens is 1. The van der Waals surface area contributed by atoms with Crippen molar-refractivity contribution in [3.05, 3.63) is 35.9 Å². The summed E-state index contributed by atoms with van der Waals surface area (Å²) in [5.41, 5.74) is 6.77. The predicted octanol–water partition coefficient (Wildman–Crippen LogP) is 1.53. The normalized spacial score (nSPS) is 16.1. The van der Waals surface area contributed by atoms with Crippen LogP contribution in [0.5, 0.6) is 0 Å². The van der Waals surface area contributed by atoms with Crippen molar-refractivity contribution in [2.45, 2.75) is 38.3 Å². The molecule has 2 rings (SSSR count). The highest BCUT2D eigenvalue weighted by Crippen LogP contribution is 2.31. The third-order valence-electron chi connectivity index (χ3n) is 3.76. The van der Waals surface area contributed by atoms with Crippen molar-refractivity contribution in [2.75, 3.05) is 6.54 Å². The van der Waals surface area contributed by atoms with Crippen LogP contribution < -0.4 is 16.4 Å². The Hall–Kier alpha value is -1.59. The van der Waals surface area contributed by atoms with Gasteiger partial charge in [-0.15, -0.1) is 12.4 Å². The summed E-state index contributed by atoms with van der Waals surface area (Å²) in [7, 11) is 0. The molecule has 6 heteroatoms. The third-order valence-corrected chi connectivity index (χ3v) is 3.76. The van der Waals surface area contributed by atoms with Crippen molar-refractivity contribution >= 4 is 24.2 Å². The van der Waals surface area contributed by atoms with Gasteiger partial charge in [-0.3, -0.25) is 9.59 Å². The van der Waals surface area contributed by atoms with Gasteiger partial charge in [0.1, 0.15) is 6.04 Å². The molecule has 0 saturated heterocycles. The van der Waals surface area contributed by atoms with E-state index in [1.807, 2.05) is 30.3 Å². The molecular weight excluding hydrogens is 302 g/mol. The summed E-state index contributed by atoms with van der Waals surface area (Å²) in [4.78, 5) is 24.0. The van der Waals surface area contributed by atoms with Crippen molar-refractivity contribution in [3.8, 4) is 0 Å². The number of hydrogen-bond donors (Lipinski definition) is 3. The molecule has 2 atom stereocenters. The lowest BCUT2D eigenvalue weighted by Gasteiger charge is -2.20. The van der Waals surface area contributed by atoms with E-state index >= 15 is 0 Å². The van der Waals surface area contributed by atoms with Crippen LogP contribution >= 0.6 is 12.4 Å². The molecule has 0 aromatic heterocycles. The van der Waals surface area contributed by atoms with Gasteiger partial charge in [0.2, 0.25) is 11.8 Å². The zero-order chi connectivity index (χ0) is 15.2. The second-order valence-electron chi connectivity index (χ2n) is 5.51. The Labute approximate surface area is 137 Å². The largest absolute Gasteiger partial charge is 0.352 e. The number of amides is 2. The smallest absolute Gasteiger partial charge is 0.247 e. The van der Waals surface area contributed by atoms with Gasteiger partial charge in [-0.05, 0) is 24.3 Å². The minimum absolute atomic E-state index is 0. The second kappa shape index (κ2) is 8.76. The summed E-state index contributed by atoms with van der Waals surface area (Å²) < 4.78 is 0. The maximum absolute atomic E-state index is 12.4. The average Bonchev–Trinajstić information content (AvgIpc) is 3.35. The molecule has 22 heavy (non-hydrogen) atoms. The molecule has 0 spiro atoms. The van der Waals surface area contributed by atoms with Crippen molar-refractivity contribution in [1.82, 2.24) is 10.6 Å². The van der Waals surface area contributed by atoms with Gasteiger partial charge in [-0.25, -0.2) is 0 Å². The van der Waals surface area contributed by atoms with Crippen LogP contribution in [0.2, 0.25) is 0 Å². The van der Waals surface area contributed by atoms with Crippen LogP contribution in [0.15, 0.2) is 30.3 Å². The molecule has 2 amide bonds. The first kappa shape index (κ1) is 18.5. The Balaban J connectivity index is 0.00000242. The topological polar surface area (TPSA) is 84.2 Å². The van der Waals surface area contributed by atoms with Crippen LogP contribution in [0.1, 0.15) is 37.8 Å². The number of rotatable bonds is 7. The van der Waals surface area contributed by atoms with E-state index in [-0.39, 0.29) is 30.3 Å². The molecular formula is C16H24ClN3O2. The number of benzene rings is 1. The lowest BCUT2D eigenvalue weighted by Crippen LogP contribution is -2.45. The van der Waals surface area contributed by atoms with Gasteiger partial charge in [-0.1, -0.05) is 37.3 Å². The summed E-state index contributed by atoms with van der Waals surface area (Å²) >= 11 is 0. The number of nitrogens with one attached hydrogen (secondary N) is 2. The van der Waals surface area contributed by atoms with Gasteiger partial charge >= 0.3 is 0 Å². The number of carbonyl (C=O) groups excluding carboxylic acids is 2. The summed E-state index contributed by atoms with van der Waals surface area (Å²) in [5.74, 6) is 0.176. The average molecular weight is 326 g/mol. The van der Waals surface area contributed by atoms with E-state index in [1.165, 1.54) is 0 Å². The molecule has 1 saturated carbocycles. The van der Waals surface area contributed by atoms with Crippen molar-refractivity contribution < 1.29 is 9.59 Å². The van der Waals surface area contributed by atoms with Gasteiger partial charge in [0.15, 0.2) is 0 Å². The number of carbonyl (C=O) groups is 2. The Bertz CT molecular complexity index is 491. The monoisotopic (exact) mass is 325 g/mol. The van der Waals surface area contributed by atoms with E-state index in [2.05, 4.69) is 10.6 Å². The maximum atomic E-state index is 12.4.